The molecule has 0 aliphatic carbocycles. The van der Waals surface area contributed by atoms with Crippen molar-refractivity contribution >= 4 is 16.9 Å². The van der Waals surface area contributed by atoms with Crippen molar-refractivity contribution in [2.75, 3.05) is 38.3 Å². The molecule has 0 bridgehead atoms. The number of alkyl halides is 3. The van der Waals surface area contributed by atoms with Gasteiger partial charge in [-0.2, -0.15) is 18.3 Å². The molecule has 1 aromatic carbocycles. The minimum atomic E-state index is -4.78. The Morgan fingerprint density at radius 2 is 2.03 bits per heavy atom. The Bertz CT molecular complexity index is 1420. The maximum absolute atomic E-state index is 15.1. The number of pyridine rings is 1. The summed E-state index contributed by atoms with van der Waals surface area (Å²) in [7, 11) is 1.62. The van der Waals surface area contributed by atoms with Crippen molar-refractivity contribution in [2.24, 2.45) is 0 Å². The number of aryl methyl sites for hydroxylation is 1. The predicted octanol–water partition coefficient (Wildman–Crippen LogP) is 5.04. The molecule has 8 nitrogen and oxygen atoms in total. The number of nitrogens with zero attached hydrogens (tertiary/aromatic N) is 5. The topological polar surface area (TPSA) is 89.1 Å². The second-order valence-corrected chi connectivity index (χ2v) is 9.08. The van der Waals surface area contributed by atoms with Crippen molar-refractivity contribution in [3.8, 4) is 22.6 Å². The first kappa shape index (κ1) is 26.0. The molecule has 3 aromatic heterocycles. The van der Waals surface area contributed by atoms with E-state index in [1.807, 2.05) is 19.1 Å². The van der Waals surface area contributed by atoms with Gasteiger partial charge in [0.25, 0.3) is 0 Å². The molecule has 0 spiro atoms. The largest absolute Gasteiger partial charge is 0.417 e. The summed E-state index contributed by atoms with van der Waals surface area (Å²) in [5, 5.41) is 7.07. The van der Waals surface area contributed by atoms with E-state index < -0.39 is 23.1 Å². The SMILES string of the molecule is CCCc1cc(F)c(-c2ncc3[nH]nc(-c4ccc(N5CCO[C@@H](COC)C5)nc4)c3n2)c(C(F)(F)F)c1. The number of nitrogens with one attached hydrogen (secondary N) is 1. The monoisotopic (exact) mass is 530 g/mol. The van der Waals surface area contributed by atoms with Crippen molar-refractivity contribution in [3.05, 3.63) is 53.6 Å². The highest BCUT2D eigenvalue weighted by Gasteiger charge is 2.37. The average Bonchev–Trinajstić information content (AvgIpc) is 3.32. The first-order chi connectivity index (χ1) is 18.3. The number of fused-ring (bicyclic) bond motifs is 1. The van der Waals surface area contributed by atoms with Gasteiger partial charge in [0.15, 0.2) is 5.82 Å². The fourth-order valence-electron chi connectivity index (χ4n) is 4.61. The molecule has 38 heavy (non-hydrogen) atoms. The summed E-state index contributed by atoms with van der Waals surface area (Å²) in [6.45, 7) is 4.16. The van der Waals surface area contributed by atoms with E-state index in [2.05, 4.69) is 30.0 Å². The van der Waals surface area contributed by atoms with Crippen molar-refractivity contribution in [1.29, 1.82) is 0 Å². The number of anilines is 1. The lowest BCUT2D eigenvalue weighted by Crippen LogP contribution is -2.44. The number of hydrogen-bond donors (Lipinski definition) is 1. The molecule has 1 aliphatic heterocycles. The van der Waals surface area contributed by atoms with Gasteiger partial charge in [-0.05, 0) is 36.2 Å². The zero-order chi connectivity index (χ0) is 26.9. The fourth-order valence-corrected chi connectivity index (χ4v) is 4.61. The number of aromatic nitrogens is 5. The number of benzene rings is 1. The standard InChI is InChI=1S/C26H26F4N6O2/c1-3-4-15-9-18(26(28,29)30)22(19(27)10-15)25-32-12-20-24(33-25)23(35-34-20)16-5-6-21(31-11-16)36-7-8-38-17(13-36)14-37-2/h5-6,9-12,17H,3-4,7-8,13-14H2,1-2H3,(H,34,35)/t17-/m1/s1. The number of morpholine rings is 1. The quantitative estimate of drug-likeness (QED) is 0.335. The smallest absolute Gasteiger partial charge is 0.382 e. The van der Waals surface area contributed by atoms with Crippen LogP contribution >= 0.6 is 0 Å². The summed E-state index contributed by atoms with van der Waals surface area (Å²) in [5.74, 6) is -0.636. The van der Waals surface area contributed by atoms with Gasteiger partial charge in [-0.25, -0.2) is 19.3 Å². The summed E-state index contributed by atoms with van der Waals surface area (Å²) in [6, 6.07) is 5.73. The van der Waals surface area contributed by atoms with E-state index in [4.69, 9.17) is 9.47 Å². The number of halogens is 4. The number of methoxy groups -OCH3 is 1. The minimum absolute atomic E-state index is 0.0568. The molecule has 1 N–H and O–H groups in total. The Balaban J connectivity index is 1.50. The van der Waals surface area contributed by atoms with Crippen LogP contribution in [0.3, 0.4) is 0 Å². The predicted molar refractivity (Wildman–Crippen MR) is 133 cm³/mol. The highest BCUT2D eigenvalue weighted by atomic mass is 19.4. The summed E-state index contributed by atoms with van der Waals surface area (Å²) >= 11 is 0. The van der Waals surface area contributed by atoms with Gasteiger partial charge in [-0.15, -0.1) is 0 Å². The normalized spacial score (nSPS) is 16.4. The first-order valence-electron chi connectivity index (χ1n) is 12.2. The summed E-state index contributed by atoms with van der Waals surface area (Å²) in [5.41, 5.74) is 0.124. The van der Waals surface area contributed by atoms with Gasteiger partial charge in [0.1, 0.15) is 28.4 Å². The lowest BCUT2D eigenvalue weighted by molar-refractivity contribution is -0.137. The molecule has 5 rings (SSSR count). The van der Waals surface area contributed by atoms with Crippen molar-refractivity contribution in [3.63, 3.8) is 0 Å². The molecule has 0 unspecified atom stereocenters. The Morgan fingerprint density at radius 3 is 2.74 bits per heavy atom. The van der Waals surface area contributed by atoms with Crippen LogP contribution in [0.1, 0.15) is 24.5 Å². The molecule has 1 saturated heterocycles. The van der Waals surface area contributed by atoms with Gasteiger partial charge in [0.2, 0.25) is 0 Å². The number of ether oxygens (including phenoxy) is 2. The summed E-state index contributed by atoms with van der Waals surface area (Å²) in [4.78, 5) is 15.0. The Hall–Kier alpha value is -3.64. The average molecular weight is 531 g/mol. The van der Waals surface area contributed by atoms with Crippen molar-refractivity contribution in [1.82, 2.24) is 25.1 Å². The van der Waals surface area contributed by atoms with Crippen LogP contribution in [-0.2, 0) is 22.1 Å². The van der Waals surface area contributed by atoms with E-state index in [1.54, 1.807) is 13.3 Å². The number of aromatic amines is 1. The second kappa shape index (κ2) is 10.6. The Kier molecular flexibility index (Phi) is 7.26. The van der Waals surface area contributed by atoms with E-state index in [1.165, 1.54) is 6.20 Å². The van der Waals surface area contributed by atoms with Gasteiger partial charge in [0.05, 0.1) is 36.6 Å². The summed E-state index contributed by atoms with van der Waals surface area (Å²) in [6.07, 6.45) is -0.999. The van der Waals surface area contributed by atoms with Crippen LogP contribution in [0.5, 0.6) is 0 Å². The van der Waals surface area contributed by atoms with Crippen LogP contribution in [0.4, 0.5) is 23.4 Å². The Labute approximate surface area is 216 Å². The fraction of sp³-hybridized carbons (Fsp3) is 0.385. The molecular formula is C26H26F4N6O2. The van der Waals surface area contributed by atoms with Gasteiger partial charge < -0.3 is 14.4 Å². The molecule has 12 heteroatoms. The minimum Gasteiger partial charge on any atom is -0.382 e. The molecule has 1 atom stereocenters. The van der Waals surface area contributed by atoms with Crippen molar-refractivity contribution < 1.29 is 27.0 Å². The number of hydrogen-bond acceptors (Lipinski definition) is 7. The van der Waals surface area contributed by atoms with Crippen LogP contribution < -0.4 is 4.90 Å². The van der Waals surface area contributed by atoms with Gasteiger partial charge in [-0.1, -0.05) is 13.3 Å². The van der Waals surface area contributed by atoms with Gasteiger partial charge in [-0.3, -0.25) is 5.10 Å². The molecule has 4 aromatic rings. The molecular weight excluding hydrogens is 504 g/mol. The highest BCUT2D eigenvalue weighted by Crippen LogP contribution is 2.39. The Morgan fingerprint density at radius 1 is 1.18 bits per heavy atom. The van der Waals surface area contributed by atoms with Crippen LogP contribution in [0.2, 0.25) is 0 Å². The van der Waals surface area contributed by atoms with Crippen LogP contribution in [-0.4, -0.2) is 64.7 Å². The van der Waals surface area contributed by atoms with E-state index in [0.29, 0.717) is 55.9 Å². The third-order valence-corrected chi connectivity index (χ3v) is 6.36. The third-order valence-electron chi connectivity index (χ3n) is 6.36. The number of rotatable bonds is 7. The zero-order valence-corrected chi connectivity index (χ0v) is 20.8. The zero-order valence-electron chi connectivity index (χ0n) is 20.8. The summed E-state index contributed by atoms with van der Waals surface area (Å²) < 4.78 is 67.7. The van der Waals surface area contributed by atoms with E-state index >= 15 is 4.39 Å². The number of H-pyrrole nitrogens is 1. The van der Waals surface area contributed by atoms with E-state index in [-0.39, 0.29) is 23.0 Å². The molecule has 200 valence electrons. The van der Waals surface area contributed by atoms with Crippen LogP contribution in [0, 0.1) is 5.82 Å². The second-order valence-electron chi connectivity index (χ2n) is 9.08. The highest BCUT2D eigenvalue weighted by molar-refractivity contribution is 5.90. The van der Waals surface area contributed by atoms with Gasteiger partial charge in [0, 0.05) is 32.0 Å². The lowest BCUT2D eigenvalue weighted by Gasteiger charge is -2.33. The molecule has 0 radical (unpaired) electrons. The molecule has 1 aliphatic rings. The molecule has 1 fully saturated rings. The van der Waals surface area contributed by atoms with Gasteiger partial charge >= 0.3 is 6.18 Å². The molecule has 4 heterocycles. The maximum Gasteiger partial charge on any atom is 0.417 e. The lowest BCUT2D eigenvalue weighted by atomic mass is 9.99. The molecule has 0 saturated carbocycles. The maximum atomic E-state index is 15.1. The third kappa shape index (κ3) is 5.18. The van der Waals surface area contributed by atoms with E-state index in [9.17, 15) is 13.2 Å². The van der Waals surface area contributed by atoms with Crippen LogP contribution in [0.25, 0.3) is 33.7 Å². The molecule has 0 amide bonds. The van der Waals surface area contributed by atoms with Crippen LogP contribution in [0.15, 0.2) is 36.7 Å². The van der Waals surface area contributed by atoms with E-state index in [0.717, 1.165) is 18.0 Å². The first-order valence-corrected chi connectivity index (χ1v) is 12.2. The van der Waals surface area contributed by atoms with Crippen molar-refractivity contribution in [2.45, 2.75) is 32.0 Å².